The third-order valence-corrected chi connectivity index (χ3v) is 6.17. The fourth-order valence-electron chi connectivity index (χ4n) is 2.80. The molecule has 1 atom stereocenters. The van der Waals surface area contributed by atoms with E-state index in [1.54, 1.807) is 37.3 Å². The summed E-state index contributed by atoms with van der Waals surface area (Å²) in [6.07, 6.45) is 0. The van der Waals surface area contributed by atoms with Gasteiger partial charge in [-0.25, -0.2) is 8.42 Å². The number of rotatable bonds is 8. The van der Waals surface area contributed by atoms with Gasteiger partial charge in [-0.3, -0.25) is 4.79 Å². The molecule has 1 aromatic heterocycles. The Morgan fingerprint density at radius 3 is 2.19 bits per heavy atom. The topological polar surface area (TPSA) is 141 Å². The van der Waals surface area contributed by atoms with Gasteiger partial charge < -0.3 is 19.0 Å². The molecule has 164 valence electrons. The van der Waals surface area contributed by atoms with Crippen molar-refractivity contribution < 1.29 is 32.2 Å². The molecule has 0 fully saturated rings. The zero-order valence-electron chi connectivity index (χ0n) is 17.2. The number of carbonyl (C=O) groups is 1. The van der Waals surface area contributed by atoms with E-state index in [0.29, 0.717) is 28.2 Å². The zero-order chi connectivity index (χ0) is 22.8. The second kappa shape index (κ2) is 8.74. The van der Waals surface area contributed by atoms with Crippen molar-refractivity contribution in [3.63, 3.8) is 0 Å². The molecule has 0 spiro atoms. The van der Waals surface area contributed by atoms with Crippen LogP contribution in [0.1, 0.15) is 12.5 Å². The number of aryl methyl sites for hydroxylation is 1. The Kier molecular flexibility index (Phi) is 6.27. The van der Waals surface area contributed by atoms with E-state index in [1.165, 1.54) is 27.2 Å². The molecule has 0 bridgehead atoms. The van der Waals surface area contributed by atoms with Crippen molar-refractivity contribution in [1.82, 2.24) is 14.9 Å². The smallest absolute Gasteiger partial charge is 0.321 e. The van der Waals surface area contributed by atoms with Crippen molar-refractivity contribution in [2.75, 3.05) is 14.2 Å². The Morgan fingerprint density at radius 1 is 1.03 bits per heavy atom. The molecule has 0 aliphatic carbocycles. The summed E-state index contributed by atoms with van der Waals surface area (Å²) in [6, 6.07) is 8.39. The summed E-state index contributed by atoms with van der Waals surface area (Å²) >= 11 is 0. The molecule has 31 heavy (non-hydrogen) atoms. The second-order valence-electron chi connectivity index (χ2n) is 6.64. The summed E-state index contributed by atoms with van der Waals surface area (Å²) in [7, 11) is -1.05. The van der Waals surface area contributed by atoms with Crippen LogP contribution in [0.15, 0.2) is 45.7 Å². The highest BCUT2D eigenvalue weighted by Gasteiger charge is 2.24. The minimum absolute atomic E-state index is 0.0797. The van der Waals surface area contributed by atoms with Crippen molar-refractivity contribution in [2.24, 2.45) is 0 Å². The minimum Gasteiger partial charge on any atom is -0.493 e. The highest BCUT2D eigenvalue weighted by atomic mass is 32.2. The number of hydrogen-bond donors (Lipinski definition) is 2. The maximum absolute atomic E-state index is 12.6. The summed E-state index contributed by atoms with van der Waals surface area (Å²) < 4.78 is 43.6. The van der Waals surface area contributed by atoms with Crippen LogP contribution < -0.4 is 14.2 Å². The van der Waals surface area contributed by atoms with E-state index in [-0.39, 0.29) is 16.7 Å². The van der Waals surface area contributed by atoms with Gasteiger partial charge in [0.05, 0.1) is 19.1 Å². The van der Waals surface area contributed by atoms with Crippen LogP contribution in [0.3, 0.4) is 0 Å². The van der Waals surface area contributed by atoms with Gasteiger partial charge >= 0.3 is 5.97 Å². The number of sulfonamides is 1. The maximum Gasteiger partial charge on any atom is 0.321 e. The van der Waals surface area contributed by atoms with E-state index >= 15 is 0 Å². The van der Waals surface area contributed by atoms with Crippen LogP contribution in [0.4, 0.5) is 0 Å². The van der Waals surface area contributed by atoms with Crippen molar-refractivity contribution in [3.8, 4) is 34.4 Å². The highest BCUT2D eigenvalue weighted by molar-refractivity contribution is 7.89. The lowest BCUT2D eigenvalue weighted by Gasteiger charge is -2.12. The molecule has 2 aromatic carbocycles. The van der Waals surface area contributed by atoms with Crippen molar-refractivity contribution in [2.45, 2.75) is 24.8 Å². The van der Waals surface area contributed by atoms with Crippen LogP contribution in [0.2, 0.25) is 0 Å². The van der Waals surface area contributed by atoms with Crippen molar-refractivity contribution >= 4 is 16.0 Å². The number of methoxy groups -OCH3 is 2. The molecule has 0 aliphatic rings. The fraction of sp³-hybridized carbons (Fsp3) is 0.250. The van der Waals surface area contributed by atoms with Gasteiger partial charge in [0.25, 0.3) is 0 Å². The number of nitrogens with zero attached hydrogens (tertiary/aromatic N) is 2. The number of carboxylic acid groups (broad SMARTS) is 1. The van der Waals surface area contributed by atoms with Crippen LogP contribution >= 0.6 is 0 Å². The van der Waals surface area contributed by atoms with Crippen molar-refractivity contribution in [3.05, 3.63) is 42.0 Å². The predicted octanol–water partition coefficient (Wildman–Crippen LogP) is 2.48. The van der Waals surface area contributed by atoms with E-state index in [0.717, 1.165) is 0 Å². The van der Waals surface area contributed by atoms with Crippen LogP contribution in [0.25, 0.3) is 22.9 Å². The highest BCUT2D eigenvalue weighted by Crippen LogP contribution is 2.33. The standard InChI is InChI=1S/C20H21N3O7S/c1-11-5-6-14(10-17(11)31(26,27)23-12(2)20(24)25)19-22-21-18(30-19)13-7-8-15(28-3)16(9-13)29-4/h5-10,12,23H,1-4H3,(H,24,25)/t12-/m1/s1. The molecule has 0 unspecified atom stereocenters. The van der Waals surface area contributed by atoms with E-state index in [1.807, 2.05) is 0 Å². The molecular weight excluding hydrogens is 426 g/mol. The first-order valence-electron chi connectivity index (χ1n) is 9.08. The summed E-state index contributed by atoms with van der Waals surface area (Å²) in [5, 5.41) is 17.0. The number of benzene rings is 2. The van der Waals surface area contributed by atoms with Gasteiger partial charge in [-0.15, -0.1) is 10.2 Å². The molecule has 3 rings (SSSR count). The first-order chi connectivity index (χ1) is 14.7. The molecule has 0 amide bonds. The fourth-order valence-corrected chi connectivity index (χ4v) is 4.26. The number of aromatic nitrogens is 2. The molecule has 11 heteroatoms. The molecule has 1 heterocycles. The summed E-state index contributed by atoms with van der Waals surface area (Å²) in [5.74, 6) is 0.0597. The molecule has 10 nitrogen and oxygen atoms in total. The first kappa shape index (κ1) is 22.2. The first-order valence-corrected chi connectivity index (χ1v) is 10.6. The molecule has 2 N–H and O–H groups in total. The van der Waals surface area contributed by atoms with Crippen molar-refractivity contribution in [1.29, 1.82) is 0 Å². The average molecular weight is 447 g/mol. The zero-order valence-corrected chi connectivity index (χ0v) is 18.1. The van der Waals surface area contributed by atoms with Gasteiger partial charge in [-0.1, -0.05) is 6.07 Å². The number of ether oxygens (including phenoxy) is 2. The van der Waals surface area contributed by atoms with Crippen LogP contribution in [0.5, 0.6) is 11.5 Å². The van der Waals surface area contributed by atoms with Gasteiger partial charge in [0.1, 0.15) is 6.04 Å². The molecule has 3 aromatic rings. The summed E-state index contributed by atoms with van der Waals surface area (Å²) in [6.45, 7) is 2.85. The lowest BCUT2D eigenvalue weighted by molar-refractivity contribution is -0.138. The Balaban J connectivity index is 1.96. The predicted molar refractivity (Wildman–Crippen MR) is 110 cm³/mol. The SMILES string of the molecule is COc1ccc(-c2nnc(-c3ccc(C)c(S(=O)(=O)N[C@H](C)C(=O)O)c3)o2)cc1OC. The van der Waals surface area contributed by atoms with E-state index < -0.39 is 22.0 Å². The monoisotopic (exact) mass is 447 g/mol. The summed E-state index contributed by atoms with van der Waals surface area (Å²) in [5.41, 5.74) is 1.40. The molecule has 0 aliphatic heterocycles. The maximum atomic E-state index is 12.6. The average Bonchev–Trinajstić information content (AvgIpc) is 3.23. The van der Waals surface area contributed by atoms with Crippen LogP contribution in [-0.2, 0) is 14.8 Å². The van der Waals surface area contributed by atoms with Gasteiger partial charge in [0.15, 0.2) is 11.5 Å². The third-order valence-electron chi connectivity index (χ3n) is 4.48. The third kappa shape index (κ3) is 4.67. The van der Waals surface area contributed by atoms with Gasteiger partial charge in [0.2, 0.25) is 21.8 Å². The Bertz CT molecular complexity index is 1220. The number of aliphatic carboxylic acids is 1. The lowest BCUT2D eigenvalue weighted by Crippen LogP contribution is -2.38. The van der Waals surface area contributed by atoms with Gasteiger partial charge in [-0.05, 0) is 49.7 Å². The van der Waals surface area contributed by atoms with Gasteiger partial charge in [-0.2, -0.15) is 4.72 Å². The van der Waals surface area contributed by atoms with E-state index in [9.17, 15) is 13.2 Å². The minimum atomic E-state index is -4.08. The molecule has 0 radical (unpaired) electrons. The Labute approximate surface area is 178 Å². The lowest BCUT2D eigenvalue weighted by atomic mass is 10.1. The van der Waals surface area contributed by atoms with Crippen LogP contribution in [-0.4, -0.2) is 50.0 Å². The summed E-state index contributed by atoms with van der Waals surface area (Å²) in [4.78, 5) is 10.9. The molecule has 0 saturated carbocycles. The van der Waals surface area contributed by atoms with Crippen LogP contribution in [0, 0.1) is 6.92 Å². The number of nitrogens with one attached hydrogen (secondary N) is 1. The largest absolute Gasteiger partial charge is 0.493 e. The Morgan fingerprint density at radius 2 is 1.61 bits per heavy atom. The quantitative estimate of drug-likeness (QED) is 0.533. The number of carboxylic acids is 1. The normalized spacial score (nSPS) is 12.4. The Hall–Kier alpha value is -3.44. The van der Waals surface area contributed by atoms with E-state index in [2.05, 4.69) is 14.9 Å². The van der Waals surface area contributed by atoms with Gasteiger partial charge in [0, 0.05) is 11.1 Å². The van der Waals surface area contributed by atoms with E-state index in [4.69, 9.17) is 19.0 Å². The molecular formula is C20H21N3O7S. The number of hydrogen-bond acceptors (Lipinski definition) is 8. The molecule has 0 saturated heterocycles. The second-order valence-corrected chi connectivity index (χ2v) is 8.33.